The standard InChI is InChI=1S/C28H42N4O7/c1-7-38-23(34)14-15-30-25(35)24(20-16-17(2)8-9-18(20)3)32(19-10-11-19)26(36)21(12-13-22(29)33)31-27(37)39-28(4,5)6/h8-9,16,19,21,24H,7,10-15H2,1-6H3,(H2,29,33)(H,30,35)(H,31,37). The predicted octanol–water partition coefficient (Wildman–Crippen LogP) is 2.56. The molecule has 39 heavy (non-hydrogen) atoms. The highest BCUT2D eigenvalue weighted by atomic mass is 16.6. The highest BCUT2D eigenvalue weighted by molar-refractivity contribution is 5.93. The summed E-state index contributed by atoms with van der Waals surface area (Å²) in [6.45, 7) is 10.8. The number of nitrogens with one attached hydrogen (secondary N) is 2. The number of primary amides is 1. The molecule has 1 fully saturated rings. The third-order valence-corrected chi connectivity index (χ3v) is 6.05. The van der Waals surface area contributed by atoms with E-state index in [4.69, 9.17) is 15.2 Å². The summed E-state index contributed by atoms with van der Waals surface area (Å²) < 4.78 is 10.3. The zero-order chi connectivity index (χ0) is 29.3. The number of hydrogen-bond acceptors (Lipinski definition) is 7. The molecule has 4 N–H and O–H groups in total. The minimum absolute atomic E-state index is 0.0160. The smallest absolute Gasteiger partial charge is 0.408 e. The van der Waals surface area contributed by atoms with Gasteiger partial charge in [0.2, 0.25) is 17.7 Å². The van der Waals surface area contributed by atoms with E-state index in [0.717, 1.165) is 11.1 Å². The zero-order valence-corrected chi connectivity index (χ0v) is 23.8. The normalized spacial score (nSPS) is 14.5. The molecule has 0 saturated heterocycles. The molecule has 1 aliphatic rings. The molecule has 4 amide bonds. The average Bonchev–Trinajstić information content (AvgIpc) is 3.65. The number of amides is 4. The summed E-state index contributed by atoms with van der Waals surface area (Å²) in [6, 6.07) is 3.24. The molecular weight excluding hydrogens is 504 g/mol. The van der Waals surface area contributed by atoms with Gasteiger partial charge in [-0.05, 0) is 71.9 Å². The second-order valence-electron chi connectivity index (χ2n) is 10.8. The van der Waals surface area contributed by atoms with Crippen LogP contribution in [0.15, 0.2) is 18.2 Å². The van der Waals surface area contributed by atoms with Gasteiger partial charge in [-0.25, -0.2) is 4.79 Å². The third-order valence-electron chi connectivity index (χ3n) is 6.05. The number of carbonyl (C=O) groups excluding carboxylic acids is 5. The first kappa shape index (κ1) is 31.6. The topological polar surface area (TPSA) is 157 Å². The van der Waals surface area contributed by atoms with Gasteiger partial charge in [0.25, 0.3) is 0 Å². The summed E-state index contributed by atoms with van der Waals surface area (Å²) in [7, 11) is 0. The van der Waals surface area contributed by atoms with Gasteiger partial charge in [-0.3, -0.25) is 19.2 Å². The van der Waals surface area contributed by atoms with Crippen LogP contribution >= 0.6 is 0 Å². The van der Waals surface area contributed by atoms with E-state index in [1.807, 2.05) is 32.0 Å². The van der Waals surface area contributed by atoms with Crippen LogP contribution in [0.2, 0.25) is 0 Å². The lowest BCUT2D eigenvalue weighted by atomic mass is 9.95. The Morgan fingerprint density at radius 2 is 1.77 bits per heavy atom. The summed E-state index contributed by atoms with van der Waals surface area (Å²) in [5.41, 5.74) is 6.88. The quantitative estimate of drug-likeness (QED) is 0.321. The first-order valence-corrected chi connectivity index (χ1v) is 13.3. The fourth-order valence-electron chi connectivity index (χ4n) is 4.13. The van der Waals surface area contributed by atoms with E-state index >= 15 is 0 Å². The number of nitrogens with zero attached hydrogens (tertiary/aromatic N) is 1. The van der Waals surface area contributed by atoms with Crippen LogP contribution in [0.1, 0.15) is 82.5 Å². The van der Waals surface area contributed by atoms with Crippen molar-refractivity contribution in [2.75, 3.05) is 13.2 Å². The van der Waals surface area contributed by atoms with E-state index in [2.05, 4.69) is 10.6 Å². The van der Waals surface area contributed by atoms with Gasteiger partial charge in [0.1, 0.15) is 17.7 Å². The Morgan fingerprint density at radius 1 is 1.10 bits per heavy atom. The number of carbonyl (C=O) groups is 5. The van der Waals surface area contributed by atoms with E-state index in [9.17, 15) is 24.0 Å². The van der Waals surface area contributed by atoms with Crippen molar-refractivity contribution in [3.63, 3.8) is 0 Å². The predicted molar refractivity (Wildman–Crippen MR) is 144 cm³/mol. The van der Waals surface area contributed by atoms with E-state index in [0.29, 0.717) is 18.4 Å². The third kappa shape index (κ3) is 10.2. The molecule has 0 radical (unpaired) electrons. The maximum absolute atomic E-state index is 14.1. The van der Waals surface area contributed by atoms with Crippen LogP contribution in [-0.4, -0.2) is 65.5 Å². The van der Waals surface area contributed by atoms with Crippen LogP contribution in [0.5, 0.6) is 0 Å². The number of rotatable bonds is 13. The summed E-state index contributed by atoms with van der Waals surface area (Å²) >= 11 is 0. The largest absolute Gasteiger partial charge is 0.466 e. The Morgan fingerprint density at radius 3 is 2.33 bits per heavy atom. The van der Waals surface area contributed by atoms with Crippen molar-refractivity contribution in [3.05, 3.63) is 34.9 Å². The molecule has 1 aromatic rings. The lowest BCUT2D eigenvalue weighted by Crippen LogP contribution is -2.54. The molecule has 0 aliphatic heterocycles. The highest BCUT2D eigenvalue weighted by Crippen LogP contribution is 2.37. The van der Waals surface area contributed by atoms with Crippen LogP contribution in [0.25, 0.3) is 0 Å². The Balaban J connectivity index is 2.44. The molecular formula is C28H42N4O7. The van der Waals surface area contributed by atoms with Gasteiger partial charge in [-0.15, -0.1) is 0 Å². The maximum atomic E-state index is 14.1. The van der Waals surface area contributed by atoms with E-state index < -0.39 is 47.5 Å². The fourth-order valence-corrected chi connectivity index (χ4v) is 4.13. The van der Waals surface area contributed by atoms with Crippen LogP contribution in [-0.2, 0) is 28.7 Å². The summed E-state index contributed by atoms with van der Waals surface area (Å²) in [4.78, 5) is 65.2. The first-order chi connectivity index (χ1) is 18.2. The van der Waals surface area contributed by atoms with E-state index in [1.165, 1.54) is 4.90 Å². The first-order valence-electron chi connectivity index (χ1n) is 13.3. The molecule has 2 rings (SSSR count). The second-order valence-corrected chi connectivity index (χ2v) is 10.8. The number of alkyl carbamates (subject to hydrolysis) is 1. The number of ether oxygens (including phenoxy) is 2. The molecule has 2 atom stereocenters. The van der Waals surface area contributed by atoms with Gasteiger partial charge in [0, 0.05) is 19.0 Å². The van der Waals surface area contributed by atoms with Crippen LogP contribution in [0.3, 0.4) is 0 Å². The lowest BCUT2D eigenvalue weighted by molar-refractivity contribution is -0.145. The second kappa shape index (κ2) is 14.0. The number of esters is 1. The van der Waals surface area contributed by atoms with Crippen LogP contribution in [0.4, 0.5) is 4.79 Å². The molecule has 0 spiro atoms. The molecule has 1 aliphatic carbocycles. The number of benzene rings is 1. The molecule has 1 saturated carbocycles. The van der Waals surface area contributed by atoms with Crippen molar-refractivity contribution in [1.29, 1.82) is 0 Å². The number of aryl methyl sites for hydroxylation is 2. The van der Waals surface area contributed by atoms with Crippen molar-refractivity contribution in [2.24, 2.45) is 5.73 Å². The Bertz CT molecular complexity index is 1060. The SMILES string of the molecule is CCOC(=O)CCNC(=O)C(c1cc(C)ccc1C)N(C(=O)C(CCC(N)=O)NC(=O)OC(C)(C)C)C1CC1. The van der Waals surface area contributed by atoms with Gasteiger partial charge in [-0.1, -0.05) is 23.8 Å². The van der Waals surface area contributed by atoms with Crippen molar-refractivity contribution in [2.45, 2.75) is 97.4 Å². The van der Waals surface area contributed by atoms with Crippen LogP contribution in [0, 0.1) is 13.8 Å². The minimum atomic E-state index is -1.15. The molecule has 2 unspecified atom stereocenters. The molecule has 11 nitrogen and oxygen atoms in total. The molecule has 0 bridgehead atoms. The summed E-state index contributed by atoms with van der Waals surface area (Å²) in [5, 5.41) is 5.36. The average molecular weight is 547 g/mol. The monoisotopic (exact) mass is 546 g/mol. The maximum Gasteiger partial charge on any atom is 0.408 e. The Hall–Kier alpha value is -3.63. The van der Waals surface area contributed by atoms with Crippen molar-refractivity contribution in [1.82, 2.24) is 15.5 Å². The summed E-state index contributed by atoms with van der Waals surface area (Å²) in [5.74, 6) is -2.04. The fraction of sp³-hybridized carbons (Fsp3) is 0.607. The van der Waals surface area contributed by atoms with E-state index in [-0.39, 0.29) is 38.5 Å². The van der Waals surface area contributed by atoms with Crippen molar-refractivity contribution in [3.8, 4) is 0 Å². The number of nitrogens with two attached hydrogens (primary N) is 1. The molecule has 216 valence electrons. The summed E-state index contributed by atoms with van der Waals surface area (Å²) in [6.07, 6.45) is 0.322. The van der Waals surface area contributed by atoms with Crippen molar-refractivity contribution >= 4 is 29.8 Å². The Labute approximate surface area is 230 Å². The van der Waals surface area contributed by atoms with E-state index in [1.54, 1.807) is 27.7 Å². The van der Waals surface area contributed by atoms with Gasteiger partial charge in [0.05, 0.1) is 13.0 Å². The highest BCUT2D eigenvalue weighted by Gasteiger charge is 2.44. The van der Waals surface area contributed by atoms with Crippen molar-refractivity contribution < 1.29 is 33.4 Å². The number of hydrogen-bond donors (Lipinski definition) is 3. The Kier molecular flexibility index (Phi) is 11.3. The molecule has 11 heteroatoms. The van der Waals surface area contributed by atoms with Gasteiger partial charge in [0.15, 0.2) is 0 Å². The van der Waals surface area contributed by atoms with Crippen LogP contribution < -0.4 is 16.4 Å². The zero-order valence-electron chi connectivity index (χ0n) is 23.8. The molecule has 0 heterocycles. The lowest BCUT2D eigenvalue weighted by Gasteiger charge is -2.35. The minimum Gasteiger partial charge on any atom is -0.466 e. The van der Waals surface area contributed by atoms with Gasteiger partial charge < -0.3 is 30.7 Å². The van der Waals surface area contributed by atoms with Gasteiger partial charge >= 0.3 is 12.1 Å². The van der Waals surface area contributed by atoms with Gasteiger partial charge in [-0.2, -0.15) is 0 Å². The molecule has 0 aromatic heterocycles. The molecule has 1 aromatic carbocycles.